The third-order valence-electron chi connectivity index (χ3n) is 9.01. The van der Waals surface area contributed by atoms with Gasteiger partial charge in [-0.3, -0.25) is 4.98 Å². The lowest BCUT2D eigenvalue weighted by Crippen LogP contribution is -2.50. The number of nitriles is 1. The summed E-state index contributed by atoms with van der Waals surface area (Å²) in [7, 11) is 0. The van der Waals surface area contributed by atoms with Crippen LogP contribution in [-0.4, -0.2) is 20.1 Å². The van der Waals surface area contributed by atoms with Crippen LogP contribution in [0.1, 0.15) is 68.8 Å². The average Bonchev–Trinajstić information content (AvgIpc) is 3.77. The van der Waals surface area contributed by atoms with Crippen LogP contribution in [0.3, 0.4) is 0 Å². The summed E-state index contributed by atoms with van der Waals surface area (Å²) in [6, 6.07) is 13.0. The zero-order valence-corrected chi connectivity index (χ0v) is 21.8. The fourth-order valence-corrected chi connectivity index (χ4v) is 6.98. The van der Waals surface area contributed by atoms with Crippen LogP contribution in [0.4, 0.5) is 4.39 Å². The third kappa shape index (κ3) is 3.67. The number of aliphatic hydroxyl groups excluding tert-OH is 1. The van der Waals surface area contributed by atoms with Crippen LogP contribution in [0.2, 0.25) is 0 Å². The first kappa shape index (κ1) is 24.5. The van der Waals surface area contributed by atoms with Crippen molar-refractivity contribution in [3.8, 4) is 28.7 Å². The van der Waals surface area contributed by atoms with Gasteiger partial charge in [0.1, 0.15) is 11.6 Å². The molecule has 3 aliphatic rings. The van der Waals surface area contributed by atoms with Crippen LogP contribution in [0.25, 0.3) is 22.6 Å². The van der Waals surface area contributed by atoms with Crippen molar-refractivity contribution in [3.05, 3.63) is 89.4 Å². The van der Waals surface area contributed by atoms with Crippen LogP contribution in [-0.2, 0) is 11.8 Å². The molecule has 0 spiro atoms. The van der Waals surface area contributed by atoms with Gasteiger partial charge in [0.15, 0.2) is 5.82 Å². The molecule has 1 aromatic carbocycles. The SMILES string of the molecule is C=CC[C@@]1(C)C(O)=C(C#N)C[C@@]2(C)c3nc(-c4ccnc(C5CC5)c4)nc(-c4ccccc4F)c3CC[C@H]12. The Morgan fingerprint density at radius 2 is 1.97 bits per heavy atom. The molecule has 0 aliphatic heterocycles. The van der Waals surface area contributed by atoms with E-state index in [0.717, 1.165) is 41.8 Å². The molecule has 2 heterocycles. The molecule has 1 saturated carbocycles. The van der Waals surface area contributed by atoms with Crippen LogP contribution >= 0.6 is 0 Å². The summed E-state index contributed by atoms with van der Waals surface area (Å²) in [6.45, 7) is 8.12. The molecule has 0 amide bonds. The van der Waals surface area contributed by atoms with Crippen molar-refractivity contribution in [3.63, 3.8) is 0 Å². The summed E-state index contributed by atoms with van der Waals surface area (Å²) < 4.78 is 15.2. The van der Waals surface area contributed by atoms with Gasteiger partial charge in [-0.05, 0) is 68.7 Å². The highest BCUT2D eigenvalue weighted by atomic mass is 19.1. The summed E-state index contributed by atoms with van der Waals surface area (Å²) in [5.41, 5.74) is 3.92. The molecule has 3 aliphatic carbocycles. The lowest BCUT2D eigenvalue weighted by Gasteiger charge is -2.53. The second-order valence-corrected chi connectivity index (χ2v) is 11.5. The van der Waals surface area contributed by atoms with E-state index in [1.54, 1.807) is 18.3 Å². The maximum atomic E-state index is 15.2. The van der Waals surface area contributed by atoms with E-state index in [4.69, 9.17) is 9.97 Å². The molecule has 1 fully saturated rings. The molecule has 2 aromatic heterocycles. The van der Waals surface area contributed by atoms with Gasteiger partial charge in [-0.1, -0.05) is 32.1 Å². The Morgan fingerprint density at radius 1 is 1.18 bits per heavy atom. The van der Waals surface area contributed by atoms with E-state index in [1.807, 2.05) is 25.1 Å². The molecule has 6 heteroatoms. The zero-order valence-electron chi connectivity index (χ0n) is 21.8. The van der Waals surface area contributed by atoms with Crippen molar-refractivity contribution in [1.82, 2.24) is 15.0 Å². The van der Waals surface area contributed by atoms with Crippen LogP contribution in [0.15, 0.2) is 66.6 Å². The molecule has 6 rings (SSSR count). The molecule has 0 radical (unpaired) electrons. The minimum absolute atomic E-state index is 0.0216. The Kier molecular flexibility index (Phi) is 5.72. The topological polar surface area (TPSA) is 82.7 Å². The second-order valence-electron chi connectivity index (χ2n) is 11.5. The van der Waals surface area contributed by atoms with Crippen molar-refractivity contribution in [1.29, 1.82) is 5.26 Å². The summed E-state index contributed by atoms with van der Waals surface area (Å²) in [6.07, 6.45) is 8.23. The first-order valence-corrected chi connectivity index (χ1v) is 13.4. The standard InChI is InChI=1S/C32H31FN4O/c1-4-14-31(2)26-12-11-23-27(22-7-5-6-8-24(22)33)36-30(20-13-15-35-25(16-20)19-9-10-19)37-28(23)32(26,3)17-21(18-34)29(31)38/h4-8,13,15-16,19,26,38H,1,9-12,14,17H2,2-3H3/t26-,31-,32-/m1/s1. The Bertz CT molecular complexity index is 1530. The van der Waals surface area contributed by atoms with Crippen molar-refractivity contribution in [2.45, 2.75) is 63.7 Å². The number of aromatic nitrogens is 3. The van der Waals surface area contributed by atoms with Gasteiger partial charge in [-0.15, -0.1) is 6.58 Å². The first-order valence-electron chi connectivity index (χ1n) is 13.4. The molecular formula is C32H31FN4O. The number of benzene rings is 1. The van der Waals surface area contributed by atoms with Crippen LogP contribution < -0.4 is 0 Å². The number of halogens is 1. The molecule has 0 unspecified atom stereocenters. The van der Waals surface area contributed by atoms with E-state index in [2.05, 4.69) is 30.6 Å². The van der Waals surface area contributed by atoms with Gasteiger partial charge in [-0.25, -0.2) is 14.4 Å². The van der Waals surface area contributed by atoms with E-state index >= 15 is 4.39 Å². The maximum absolute atomic E-state index is 15.2. The zero-order chi connectivity index (χ0) is 26.7. The molecule has 3 aromatic rings. The summed E-state index contributed by atoms with van der Waals surface area (Å²) >= 11 is 0. The smallest absolute Gasteiger partial charge is 0.160 e. The fraction of sp³-hybridized carbons (Fsp3) is 0.375. The van der Waals surface area contributed by atoms with Gasteiger partial charge in [0.05, 0.1) is 23.0 Å². The Balaban J connectivity index is 1.61. The summed E-state index contributed by atoms with van der Waals surface area (Å²) in [5.74, 6) is 0.877. The van der Waals surface area contributed by atoms with Gasteiger partial charge in [0.2, 0.25) is 0 Å². The van der Waals surface area contributed by atoms with E-state index in [9.17, 15) is 10.4 Å². The molecule has 0 bridgehead atoms. The van der Waals surface area contributed by atoms with Crippen LogP contribution in [0, 0.1) is 28.5 Å². The third-order valence-corrected chi connectivity index (χ3v) is 9.01. The number of fused-ring (bicyclic) bond motifs is 3. The Labute approximate surface area is 222 Å². The lowest BCUT2D eigenvalue weighted by atomic mass is 9.50. The number of hydrogen-bond acceptors (Lipinski definition) is 5. The number of allylic oxidation sites excluding steroid dienone is 3. The van der Waals surface area contributed by atoms with Crippen LogP contribution in [0.5, 0.6) is 0 Å². The number of nitrogens with zero attached hydrogens (tertiary/aromatic N) is 4. The van der Waals surface area contributed by atoms with Gasteiger partial charge >= 0.3 is 0 Å². The predicted octanol–water partition coefficient (Wildman–Crippen LogP) is 7.36. The predicted molar refractivity (Wildman–Crippen MR) is 145 cm³/mol. The maximum Gasteiger partial charge on any atom is 0.160 e. The summed E-state index contributed by atoms with van der Waals surface area (Å²) in [5, 5.41) is 21.3. The quantitative estimate of drug-likeness (QED) is 0.366. The largest absolute Gasteiger partial charge is 0.511 e. The van der Waals surface area contributed by atoms with Crippen molar-refractivity contribution >= 4 is 0 Å². The van der Waals surface area contributed by atoms with Gasteiger partial charge < -0.3 is 5.11 Å². The molecule has 1 N–H and O–H groups in total. The van der Waals surface area contributed by atoms with Gasteiger partial charge in [0.25, 0.3) is 0 Å². The molecule has 3 atom stereocenters. The van der Waals surface area contributed by atoms with E-state index in [1.165, 1.54) is 6.07 Å². The Morgan fingerprint density at radius 3 is 2.68 bits per heavy atom. The van der Waals surface area contributed by atoms with Crippen molar-refractivity contribution < 1.29 is 9.50 Å². The minimum atomic E-state index is -0.642. The number of aliphatic hydroxyl groups is 1. The molecule has 192 valence electrons. The van der Waals surface area contributed by atoms with Crippen molar-refractivity contribution in [2.24, 2.45) is 11.3 Å². The normalized spacial score (nSPS) is 26.3. The van der Waals surface area contributed by atoms with E-state index < -0.39 is 10.8 Å². The second kappa shape index (κ2) is 8.87. The molecule has 5 nitrogen and oxygen atoms in total. The molecule has 38 heavy (non-hydrogen) atoms. The van der Waals surface area contributed by atoms with E-state index in [0.29, 0.717) is 47.8 Å². The highest BCUT2D eigenvalue weighted by Gasteiger charge is 2.56. The first-order chi connectivity index (χ1) is 18.3. The highest BCUT2D eigenvalue weighted by Crippen LogP contribution is 2.60. The number of pyridine rings is 1. The minimum Gasteiger partial charge on any atom is -0.511 e. The monoisotopic (exact) mass is 506 g/mol. The average molecular weight is 507 g/mol. The van der Waals surface area contributed by atoms with Crippen molar-refractivity contribution in [2.75, 3.05) is 0 Å². The summed E-state index contributed by atoms with van der Waals surface area (Å²) in [4.78, 5) is 14.7. The fourth-order valence-electron chi connectivity index (χ4n) is 6.98. The number of hydrogen-bond donors (Lipinski definition) is 1. The number of rotatable bonds is 5. The van der Waals surface area contributed by atoms with Gasteiger partial charge in [0, 0.05) is 45.3 Å². The Hall–Kier alpha value is -3.85. The lowest BCUT2D eigenvalue weighted by molar-refractivity contribution is 0.0508. The molecule has 0 saturated heterocycles. The van der Waals surface area contributed by atoms with Gasteiger partial charge in [-0.2, -0.15) is 5.26 Å². The highest BCUT2D eigenvalue weighted by molar-refractivity contribution is 5.70. The van der Waals surface area contributed by atoms with E-state index in [-0.39, 0.29) is 17.5 Å². The molecular weight excluding hydrogens is 475 g/mol.